The standard InChI is InChI=1S/C49H29NS/c1-2-10-32(11-3-1)49-50-46-27-23-31-20-18-30-19-21-33(28-44(30)47(31)48(46)51-49)35-25-26-36(38-13-5-4-12-37(35)38)34-22-24-43-41-16-7-6-14-39(41)40-15-8-9-17-42(40)45(43)29-34/h1-29H. The van der Waals surface area contributed by atoms with E-state index in [1.165, 1.54) is 91.6 Å². The van der Waals surface area contributed by atoms with Crippen LogP contribution in [0.25, 0.3) is 108 Å². The second-order valence-corrected chi connectivity index (χ2v) is 14.5. The van der Waals surface area contributed by atoms with Crippen molar-refractivity contribution in [2.24, 2.45) is 0 Å². The summed E-state index contributed by atoms with van der Waals surface area (Å²) >= 11 is 1.79. The summed E-state index contributed by atoms with van der Waals surface area (Å²) in [6, 6.07) is 64.5. The zero-order valence-corrected chi connectivity index (χ0v) is 28.4. The first kappa shape index (κ1) is 28.5. The molecule has 10 aromatic carbocycles. The van der Waals surface area contributed by atoms with Crippen molar-refractivity contribution >= 4 is 86.2 Å². The first-order valence-electron chi connectivity index (χ1n) is 17.5. The molecule has 2 heteroatoms. The van der Waals surface area contributed by atoms with Crippen LogP contribution in [0.15, 0.2) is 176 Å². The van der Waals surface area contributed by atoms with Crippen LogP contribution in [0.2, 0.25) is 0 Å². The molecule has 1 nitrogen and oxygen atoms in total. The van der Waals surface area contributed by atoms with E-state index in [9.17, 15) is 0 Å². The summed E-state index contributed by atoms with van der Waals surface area (Å²) in [6.45, 7) is 0. The highest BCUT2D eigenvalue weighted by molar-refractivity contribution is 7.22. The second kappa shape index (κ2) is 11.1. The highest BCUT2D eigenvalue weighted by Crippen LogP contribution is 2.43. The molecule has 0 aliphatic rings. The summed E-state index contributed by atoms with van der Waals surface area (Å²) < 4.78 is 1.24. The Morgan fingerprint density at radius 1 is 0.333 bits per heavy atom. The lowest BCUT2D eigenvalue weighted by Crippen LogP contribution is -1.88. The summed E-state index contributed by atoms with van der Waals surface area (Å²) in [5, 5.41) is 16.4. The van der Waals surface area contributed by atoms with Gasteiger partial charge in [-0.2, -0.15) is 0 Å². The zero-order valence-electron chi connectivity index (χ0n) is 27.6. The number of thiazole rings is 1. The van der Waals surface area contributed by atoms with E-state index in [4.69, 9.17) is 4.98 Å². The predicted octanol–water partition coefficient (Wildman–Crippen LogP) is 14.2. The Labute approximate surface area is 298 Å². The van der Waals surface area contributed by atoms with E-state index in [0.29, 0.717) is 0 Å². The highest BCUT2D eigenvalue weighted by Gasteiger charge is 2.16. The lowest BCUT2D eigenvalue weighted by molar-refractivity contribution is 1.48. The molecule has 0 fully saturated rings. The van der Waals surface area contributed by atoms with Crippen molar-refractivity contribution in [1.82, 2.24) is 4.98 Å². The molecule has 0 bridgehead atoms. The van der Waals surface area contributed by atoms with Gasteiger partial charge in [-0.3, -0.25) is 0 Å². The molecule has 0 aliphatic heterocycles. The molecule has 0 atom stereocenters. The third-order valence-electron chi connectivity index (χ3n) is 10.7. The van der Waals surface area contributed by atoms with E-state index in [1.807, 2.05) is 0 Å². The van der Waals surface area contributed by atoms with Crippen molar-refractivity contribution in [2.75, 3.05) is 0 Å². The van der Waals surface area contributed by atoms with Crippen molar-refractivity contribution in [3.05, 3.63) is 176 Å². The lowest BCUT2D eigenvalue weighted by Gasteiger charge is -2.15. The maximum atomic E-state index is 5.07. The first-order chi connectivity index (χ1) is 25.3. The number of hydrogen-bond acceptors (Lipinski definition) is 2. The van der Waals surface area contributed by atoms with Gasteiger partial charge in [0.05, 0.1) is 10.2 Å². The van der Waals surface area contributed by atoms with E-state index < -0.39 is 0 Å². The molecular formula is C49H29NS. The summed E-state index contributed by atoms with van der Waals surface area (Å²) in [4.78, 5) is 5.07. The molecule has 1 aromatic heterocycles. The Morgan fingerprint density at radius 2 is 0.824 bits per heavy atom. The average Bonchev–Trinajstić information content (AvgIpc) is 3.65. The van der Waals surface area contributed by atoms with Crippen molar-refractivity contribution in [2.45, 2.75) is 0 Å². The molecule has 0 aliphatic carbocycles. The molecule has 0 saturated carbocycles. The fourth-order valence-corrected chi connectivity index (χ4v) is 9.41. The molecule has 51 heavy (non-hydrogen) atoms. The van der Waals surface area contributed by atoms with Crippen LogP contribution in [0, 0.1) is 0 Å². The van der Waals surface area contributed by atoms with Gasteiger partial charge >= 0.3 is 0 Å². The van der Waals surface area contributed by atoms with Gasteiger partial charge < -0.3 is 0 Å². The van der Waals surface area contributed by atoms with Crippen LogP contribution < -0.4 is 0 Å². The van der Waals surface area contributed by atoms with Crippen LogP contribution in [-0.4, -0.2) is 4.98 Å². The topological polar surface area (TPSA) is 12.9 Å². The van der Waals surface area contributed by atoms with Crippen LogP contribution in [-0.2, 0) is 0 Å². The van der Waals surface area contributed by atoms with Gasteiger partial charge in [-0.15, -0.1) is 11.3 Å². The number of rotatable bonds is 3. The third kappa shape index (κ3) is 4.37. The van der Waals surface area contributed by atoms with Crippen LogP contribution in [0.4, 0.5) is 0 Å². The fourth-order valence-electron chi connectivity index (χ4n) is 8.27. The largest absolute Gasteiger partial charge is 0.236 e. The molecule has 236 valence electrons. The Hall–Kier alpha value is -6.35. The number of fused-ring (bicyclic) bond motifs is 12. The number of aromatic nitrogens is 1. The highest BCUT2D eigenvalue weighted by atomic mass is 32.1. The van der Waals surface area contributed by atoms with Crippen molar-refractivity contribution in [3.63, 3.8) is 0 Å². The first-order valence-corrected chi connectivity index (χ1v) is 18.3. The maximum Gasteiger partial charge on any atom is 0.124 e. The van der Waals surface area contributed by atoms with Crippen molar-refractivity contribution in [1.29, 1.82) is 0 Å². The van der Waals surface area contributed by atoms with Gasteiger partial charge in [0.2, 0.25) is 0 Å². The quantitative estimate of drug-likeness (QED) is 0.171. The molecule has 11 rings (SSSR count). The molecular weight excluding hydrogens is 635 g/mol. The maximum absolute atomic E-state index is 5.07. The molecule has 0 N–H and O–H groups in total. The summed E-state index contributed by atoms with van der Waals surface area (Å²) in [5.41, 5.74) is 7.16. The van der Waals surface area contributed by atoms with Crippen LogP contribution in [0.3, 0.4) is 0 Å². The van der Waals surface area contributed by atoms with Gasteiger partial charge in [-0.25, -0.2) is 4.98 Å². The molecule has 11 aromatic rings. The Morgan fingerprint density at radius 3 is 1.49 bits per heavy atom. The molecule has 1 heterocycles. The summed E-state index contributed by atoms with van der Waals surface area (Å²) in [5.74, 6) is 0. The van der Waals surface area contributed by atoms with Gasteiger partial charge in [0.1, 0.15) is 5.01 Å². The number of hydrogen-bond donors (Lipinski definition) is 0. The molecule has 0 radical (unpaired) electrons. The van der Waals surface area contributed by atoms with E-state index >= 15 is 0 Å². The van der Waals surface area contributed by atoms with Gasteiger partial charge in [-0.05, 0) is 99.7 Å². The Bertz CT molecular complexity index is 3150. The normalized spacial score (nSPS) is 11.9. The number of nitrogens with zero attached hydrogens (tertiary/aromatic N) is 1. The second-order valence-electron chi connectivity index (χ2n) is 13.5. The zero-order chi connectivity index (χ0) is 33.5. The smallest absolute Gasteiger partial charge is 0.124 e. The van der Waals surface area contributed by atoms with Crippen LogP contribution in [0.1, 0.15) is 0 Å². The van der Waals surface area contributed by atoms with E-state index in [2.05, 4.69) is 176 Å². The van der Waals surface area contributed by atoms with E-state index in [1.54, 1.807) is 11.3 Å². The lowest BCUT2D eigenvalue weighted by atomic mass is 9.88. The SMILES string of the molecule is c1ccc(-c2nc3ccc4ccc5ccc(-c6ccc(-c7ccc8c9ccccc9c9ccccc9c8c7)c7ccccc67)cc5c4c3s2)cc1. The third-order valence-corrected chi connectivity index (χ3v) is 11.8. The van der Waals surface area contributed by atoms with Gasteiger partial charge in [0, 0.05) is 10.9 Å². The van der Waals surface area contributed by atoms with Crippen LogP contribution in [0.5, 0.6) is 0 Å². The molecule has 0 amide bonds. The minimum atomic E-state index is 1.05. The predicted molar refractivity (Wildman–Crippen MR) is 221 cm³/mol. The van der Waals surface area contributed by atoms with Crippen molar-refractivity contribution in [3.8, 4) is 32.8 Å². The minimum Gasteiger partial charge on any atom is -0.236 e. The minimum absolute atomic E-state index is 1.05. The van der Waals surface area contributed by atoms with Crippen molar-refractivity contribution < 1.29 is 0 Å². The van der Waals surface area contributed by atoms with Gasteiger partial charge in [-0.1, -0.05) is 158 Å². The van der Waals surface area contributed by atoms with Crippen LogP contribution >= 0.6 is 11.3 Å². The van der Waals surface area contributed by atoms with E-state index in [0.717, 1.165) is 16.1 Å². The van der Waals surface area contributed by atoms with E-state index in [-0.39, 0.29) is 0 Å². The Balaban J connectivity index is 1.11. The Kier molecular flexibility index (Phi) is 6.19. The fraction of sp³-hybridized carbons (Fsp3) is 0. The van der Waals surface area contributed by atoms with Gasteiger partial charge in [0.15, 0.2) is 0 Å². The monoisotopic (exact) mass is 663 g/mol. The molecule has 0 unspecified atom stereocenters. The molecule has 0 spiro atoms. The average molecular weight is 664 g/mol. The number of benzene rings is 10. The summed E-state index contributed by atoms with van der Waals surface area (Å²) in [7, 11) is 0. The summed E-state index contributed by atoms with van der Waals surface area (Å²) in [6.07, 6.45) is 0. The molecule has 0 saturated heterocycles. The van der Waals surface area contributed by atoms with Gasteiger partial charge in [0.25, 0.3) is 0 Å².